The van der Waals surface area contributed by atoms with Gasteiger partial charge in [-0.25, -0.2) is 4.98 Å². The van der Waals surface area contributed by atoms with Gasteiger partial charge in [0.1, 0.15) is 18.2 Å². The predicted molar refractivity (Wildman–Crippen MR) is 128 cm³/mol. The molecular formula is C25H25ClN4O2. The highest BCUT2D eigenvalue weighted by Crippen LogP contribution is 2.32. The highest BCUT2D eigenvalue weighted by atomic mass is 35.5. The second kappa shape index (κ2) is 8.81. The first-order valence-electron chi connectivity index (χ1n) is 10.9. The van der Waals surface area contributed by atoms with Gasteiger partial charge in [-0.3, -0.25) is 4.79 Å². The molecule has 1 aromatic heterocycles. The first-order chi connectivity index (χ1) is 15.6. The third-order valence-corrected chi connectivity index (χ3v) is 6.42. The number of amides is 1. The summed E-state index contributed by atoms with van der Waals surface area (Å²) in [7, 11) is 1.99. The Morgan fingerprint density at radius 3 is 2.59 bits per heavy atom. The van der Waals surface area contributed by atoms with Gasteiger partial charge in [0.15, 0.2) is 0 Å². The van der Waals surface area contributed by atoms with E-state index in [2.05, 4.69) is 15.2 Å². The molecule has 0 aliphatic carbocycles. The number of carbonyl (C=O) groups is 1. The summed E-state index contributed by atoms with van der Waals surface area (Å²) in [5, 5.41) is 4.02. The summed E-state index contributed by atoms with van der Waals surface area (Å²) in [6.45, 7) is 2.82. The van der Waals surface area contributed by atoms with Gasteiger partial charge >= 0.3 is 0 Å². The standard InChI is InChI=1S/C25H25ClN4O2/c1-27-20-10-11-29(16-20)24-9-7-21(15-28-24)30-12-13-32-23-14-18(4-8-22(23)25(30)31)17-2-5-19(26)6-3-17/h2-9,14-15,20,27H,10-13,16H2,1H3. The third kappa shape index (κ3) is 4.04. The molecule has 1 saturated heterocycles. The number of rotatable bonds is 4. The molecule has 6 nitrogen and oxygen atoms in total. The lowest BCUT2D eigenvalue weighted by atomic mass is 10.0. The number of benzene rings is 2. The molecule has 1 fully saturated rings. The molecule has 7 heteroatoms. The Kier molecular flexibility index (Phi) is 5.72. The minimum absolute atomic E-state index is 0.0777. The largest absolute Gasteiger partial charge is 0.491 e. The number of likely N-dealkylation sites (N-methyl/N-ethyl adjacent to an activating group) is 1. The van der Waals surface area contributed by atoms with Crippen molar-refractivity contribution in [3.05, 3.63) is 71.4 Å². The zero-order valence-electron chi connectivity index (χ0n) is 17.9. The second-order valence-electron chi connectivity index (χ2n) is 8.12. The topological polar surface area (TPSA) is 57.7 Å². The maximum atomic E-state index is 13.3. The van der Waals surface area contributed by atoms with Crippen molar-refractivity contribution < 1.29 is 9.53 Å². The lowest BCUT2D eigenvalue weighted by molar-refractivity contribution is 0.0990. The van der Waals surface area contributed by atoms with Gasteiger partial charge in [-0.05, 0) is 61.0 Å². The number of nitrogens with one attached hydrogen (secondary N) is 1. The highest BCUT2D eigenvalue weighted by Gasteiger charge is 2.26. The Bertz CT molecular complexity index is 1120. The maximum Gasteiger partial charge on any atom is 0.262 e. The van der Waals surface area contributed by atoms with Gasteiger partial charge in [-0.1, -0.05) is 29.8 Å². The number of hydrogen-bond donors (Lipinski definition) is 1. The Labute approximate surface area is 192 Å². The summed E-state index contributed by atoms with van der Waals surface area (Å²) in [5.74, 6) is 1.47. The molecule has 0 bridgehead atoms. The van der Waals surface area contributed by atoms with Crippen molar-refractivity contribution in [3.8, 4) is 16.9 Å². The molecule has 164 valence electrons. The quantitative estimate of drug-likeness (QED) is 0.647. The van der Waals surface area contributed by atoms with Gasteiger partial charge in [0, 0.05) is 24.2 Å². The first kappa shape index (κ1) is 20.8. The Hall–Kier alpha value is -3.09. The van der Waals surface area contributed by atoms with Crippen LogP contribution in [0.25, 0.3) is 11.1 Å². The summed E-state index contributed by atoms with van der Waals surface area (Å²) in [5.41, 5.74) is 3.34. The van der Waals surface area contributed by atoms with E-state index in [1.54, 1.807) is 11.1 Å². The number of fused-ring (bicyclic) bond motifs is 1. The molecule has 2 aliphatic heterocycles. The van der Waals surface area contributed by atoms with Gasteiger partial charge < -0.3 is 19.9 Å². The van der Waals surface area contributed by atoms with Crippen LogP contribution in [0.5, 0.6) is 5.75 Å². The molecular weight excluding hydrogens is 424 g/mol. The average molecular weight is 449 g/mol. The normalized spacial score (nSPS) is 18.3. The highest BCUT2D eigenvalue weighted by molar-refractivity contribution is 6.30. The smallest absolute Gasteiger partial charge is 0.262 e. The van der Waals surface area contributed by atoms with Gasteiger partial charge in [-0.15, -0.1) is 0 Å². The summed E-state index contributed by atoms with van der Waals surface area (Å²) >= 11 is 6.00. The van der Waals surface area contributed by atoms with Crippen molar-refractivity contribution in [2.75, 3.05) is 43.1 Å². The number of carbonyl (C=O) groups excluding carboxylic acids is 1. The SMILES string of the molecule is CNC1CCN(c2ccc(N3CCOc4cc(-c5ccc(Cl)cc5)ccc4C3=O)cn2)C1. The first-order valence-corrected chi connectivity index (χ1v) is 11.2. The fraction of sp³-hybridized carbons (Fsp3) is 0.280. The van der Waals surface area contributed by atoms with E-state index in [1.807, 2.05) is 61.6 Å². The Balaban J connectivity index is 1.37. The number of pyridine rings is 1. The van der Waals surface area contributed by atoms with E-state index in [4.69, 9.17) is 16.3 Å². The number of halogens is 1. The molecule has 1 unspecified atom stereocenters. The van der Waals surface area contributed by atoms with Crippen LogP contribution in [0.4, 0.5) is 11.5 Å². The number of nitrogens with zero attached hydrogens (tertiary/aromatic N) is 3. The van der Waals surface area contributed by atoms with Crippen molar-refractivity contribution >= 4 is 29.0 Å². The van der Waals surface area contributed by atoms with Crippen molar-refractivity contribution in [2.24, 2.45) is 0 Å². The van der Waals surface area contributed by atoms with Gasteiger partial charge in [-0.2, -0.15) is 0 Å². The minimum Gasteiger partial charge on any atom is -0.491 e. The summed E-state index contributed by atoms with van der Waals surface area (Å²) < 4.78 is 5.96. The van der Waals surface area contributed by atoms with Crippen molar-refractivity contribution in [1.82, 2.24) is 10.3 Å². The van der Waals surface area contributed by atoms with Crippen LogP contribution in [0.15, 0.2) is 60.8 Å². The average Bonchev–Trinajstić information content (AvgIpc) is 3.25. The van der Waals surface area contributed by atoms with Crippen LogP contribution in [0.3, 0.4) is 0 Å². The van der Waals surface area contributed by atoms with Gasteiger partial charge in [0.25, 0.3) is 5.91 Å². The van der Waals surface area contributed by atoms with E-state index < -0.39 is 0 Å². The van der Waals surface area contributed by atoms with Crippen LogP contribution >= 0.6 is 11.6 Å². The van der Waals surface area contributed by atoms with Crippen LogP contribution in [0.2, 0.25) is 5.02 Å². The zero-order chi connectivity index (χ0) is 22.1. The van der Waals surface area contributed by atoms with Crippen molar-refractivity contribution in [2.45, 2.75) is 12.5 Å². The Morgan fingerprint density at radius 1 is 1.06 bits per heavy atom. The maximum absolute atomic E-state index is 13.3. The summed E-state index contributed by atoms with van der Waals surface area (Å²) in [6, 6.07) is 17.8. The fourth-order valence-corrected chi connectivity index (χ4v) is 4.44. The van der Waals surface area contributed by atoms with Crippen LogP contribution in [0, 0.1) is 0 Å². The van der Waals surface area contributed by atoms with Gasteiger partial charge in [0.2, 0.25) is 0 Å². The van der Waals surface area contributed by atoms with Crippen LogP contribution in [-0.2, 0) is 0 Å². The lowest BCUT2D eigenvalue weighted by Gasteiger charge is -2.22. The van der Waals surface area contributed by atoms with E-state index in [-0.39, 0.29) is 5.91 Å². The Morgan fingerprint density at radius 2 is 1.88 bits per heavy atom. The molecule has 3 heterocycles. The predicted octanol–water partition coefficient (Wildman–Crippen LogP) is 4.24. The van der Waals surface area contributed by atoms with E-state index in [0.29, 0.717) is 35.5 Å². The van der Waals surface area contributed by atoms with Crippen LogP contribution < -0.4 is 19.9 Å². The van der Waals surface area contributed by atoms with E-state index in [0.717, 1.165) is 42.1 Å². The van der Waals surface area contributed by atoms with Crippen LogP contribution in [0.1, 0.15) is 16.8 Å². The number of anilines is 2. The monoisotopic (exact) mass is 448 g/mol. The van der Waals surface area contributed by atoms with E-state index >= 15 is 0 Å². The third-order valence-electron chi connectivity index (χ3n) is 6.17. The molecule has 32 heavy (non-hydrogen) atoms. The molecule has 2 aromatic carbocycles. The number of aromatic nitrogens is 1. The molecule has 1 amide bonds. The molecule has 0 spiro atoms. The van der Waals surface area contributed by atoms with E-state index in [9.17, 15) is 4.79 Å². The molecule has 5 rings (SSSR count). The second-order valence-corrected chi connectivity index (χ2v) is 8.55. The van der Waals surface area contributed by atoms with Crippen molar-refractivity contribution in [3.63, 3.8) is 0 Å². The lowest BCUT2D eigenvalue weighted by Crippen LogP contribution is -2.32. The molecule has 0 radical (unpaired) electrons. The molecule has 1 N–H and O–H groups in total. The molecule has 3 aromatic rings. The summed E-state index contributed by atoms with van der Waals surface area (Å²) in [6.07, 6.45) is 2.89. The fourth-order valence-electron chi connectivity index (χ4n) is 4.31. The molecule has 2 aliphatic rings. The number of ether oxygens (including phenoxy) is 1. The molecule has 1 atom stereocenters. The van der Waals surface area contributed by atoms with Gasteiger partial charge in [0.05, 0.1) is 24.0 Å². The minimum atomic E-state index is -0.0777. The summed E-state index contributed by atoms with van der Waals surface area (Å²) in [4.78, 5) is 22.0. The molecule has 0 saturated carbocycles. The zero-order valence-corrected chi connectivity index (χ0v) is 18.7. The van der Waals surface area contributed by atoms with Crippen molar-refractivity contribution in [1.29, 1.82) is 0 Å². The number of hydrogen-bond acceptors (Lipinski definition) is 5. The van der Waals surface area contributed by atoms with Crippen LogP contribution in [-0.4, -0.2) is 50.2 Å². The van der Waals surface area contributed by atoms with E-state index in [1.165, 1.54) is 0 Å².